The average molecular weight is 252 g/mol. The fraction of sp³-hybridized carbons (Fsp3) is 0.250. The van der Waals surface area contributed by atoms with E-state index >= 15 is 0 Å². The van der Waals surface area contributed by atoms with Gasteiger partial charge >= 0.3 is 0 Å². The molecule has 0 aliphatic heterocycles. The molecule has 4 nitrogen and oxygen atoms in total. The first-order valence-corrected chi connectivity index (χ1v) is 5.56. The molecule has 0 fully saturated rings. The van der Waals surface area contributed by atoms with Gasteiger partial charge in [-0.25, -0.2) is 8.78 Å². The van der Waals surface area contributed by atoms with Crippen LogP contribution in [-0.4, -0.2) is 9.78 Å². The first kappa shape index (κ1) is 12.3. The topological polar surface area (TPSA) is 55.9 Å². The molecular weight excluding hydrogens is 238 g/mol. The SMILES string of the molecule is CCc1nn(C)c(Nc2ccc(F)c(F)c2)c1N. The van der Waals surface area contributed by atoms with Crippen LogP contribution in [0.3, 0.4) is 0 Å². The van der Waals surface area contributed by atoms with E-state index in [0.717, 1.165) is 17.8 Å². The number of nitrogens with zero attached hydrogens (tertiary/aromatic N) is 2. The van der Waals surface area contributed by atoms with E-state index in [4.69, 9.17) is 5.73 Å². The molecule has 0 saturated heterocycles. The first-order valence-electron chi connectivity index (χ1n) is 5.56. The maximum Gasteiger partial charge on any atom is 0.160 e. The number of nitrogens with two attached hydrogens (primary N) is 1. The smallest absolute Gasteiger partial charge is 0.160 e. The maximum atomic E-state index is 13.1. The summed E-state index contributed by atoms with van der Waals surface area (Å²) in [6.07, 6.45) is 0.707. The highest BCUT2D eigenvalue weighted by molar-refractivity contribution is 5.71. The van der Waals surface area contributed by atoms with Crippen LogP contribution in [0.15, 0.2) is 18.2 Å². The lowest BCUT2D eigenvalue weighted by Crippen LogP contribution is -2.01. The van der Waals surface area contributed by atoms with Crippen molar-refractivity contribution in [1.82, 2.24) is 9.78 Å². The predicted octanol–water partition coefficient (Wildman–Crippen LogP) is 2.59. The van der Waals surface area contributed by atoms with Gasteiger partial charge in [-0.2, -0.15) is 5.10 Å². The Kier molecular flexibility index (Phi) is 3.18. The Morgan fingerprint density at radius 2 is 2.06 bits per heavy atom. The van der Waals surface area contributed by atoms with Crippen molar-refractivity contribution in [3.05, 3.63) is 35.5 Å². The summed E-state index contributed by atoms with van der Waals surface area (Å²) in [7, 11) is 1.73. The Morgan fingerprint density at radius 1 is 1.33 bits per heavy atom. The molecule has 1 aromatic heterocycles. The predicted molar refractivity (Wildman–Crippen MR) is 66.6 cm³/mol. The number of anilines is 3. The number of halogens is 2. The average Bonchev–Trinajstić information content (AvgIpc) is 2.61. The number of nitrogens with one attached hydrogen (secondary N) is 1. The fourth-order valence-corrected chi connectivity index (χ4v) is 1.72. The van der Waals surface area contributed by atoms with E-state index in [0.29, 0.717) is 23.6 Å². The normalized spacial score (nSPS) is 10.7. The second-order valence-corrected chi connectivity index (χ2v) is 3.94. The number of hydrogen-bond donors (Lipinski definition) is 2. The summed E-state index contributed by atoms with van der Waals surface area (Å²) in [6.45, 7) is 1.94. The minimum atomic E-state index is -0.906. The van der Waals surface area contributed by atoms with Gasteiger partial charge in [-0.15, -0.1) is 0 Å². The highest BCUT2D eigenvalue weighted by Gasteiger charge is 2.12. The molecular formula is C12H14F2N4. The molecule has 0 radical (unpaired) electrons. The minimum absolute atomic E-state index is 0.422. The molecule has 1 aromatic carbocycles. The van der Waals surface area contributed by atoms with E-state index in [1.54, 1.807) is 11.7 Å². The summed E-state index contributed by atoms with van der Waals surface area (Å²) in [6, 6.07) is 3.58. The molecule has 1 heterocycles. The zero-order chi connectivity index (χ0) is 13.3. The van der Waals surface area contributed by atoms with E-state index in [1.807, 2.05) is 6.92 Å². The van der Waals surface area contributed by atoms with Crippen LogP contribution in [0.4, 0.5) is 26.0 Å². The van der Waals surface area contributed by atoms with E-state index < -0.39 is 11.6 Å². The summed E-state index contributed by atoms with van der Waals surface area (Å²) in [4.78, 5) is 0. The number of hydrogen-bond acceptors (Lipinski definition) is 3. The first-order chi connectivity index (χ1) is 8.52. The van der Waals surface area contributed by atoms with Gasteiger partial charge in [0.2, 0.25) is 0 Å². The lowest BCUT2D eigenvalue weighted by molar-refractivity contribution is 0.509. The molecule has 6 heteroatoms. The largest absolute Gasteiger partial charge is 0.394 e. The molecule has 3 N–H and O–H groups in total. The second kappa shape index (κ2) is 4.64. The summed E-state index contributed by atoms with van der Waals surface area (Å²) in [5.41, 5.74) is 7.62. The molecule has 96 valence electrons. The number of nitrogen functional groups attached to an aromatic ring is 1. The molecule has 0 saturated carbocycles. The maximum absolute atomic E-state index is 13.1. The summed E-state index contributed by atoms with van der Waals surface area (Å²) < 4.78 is 27.5. The van der Waals surface area contributed by atoms with Gasteiger partial charge in [0, 0.05) is 18.8 Å². The van der Waals surface area contributed by atoms with Crippen molar-refractivity contribution in [2.45, 2.75) is 13.3 Å². The van der Waals surface area contributed by atoms with E-state index in [-0.39, 0.29) is 0 Å². The molecule has 0 atom stereocenters. The quantitative estimate of drug-likeness (QED) is 0.882. The molecule has 2 rings (SSSR count). The van der Waals surface area contributed by atoms with Crippen LogP contribution in [0.2, 0.25) is 0 Å². The van der Waals surface area contributed by atoms with Crippen LogP contribution in [-0.2, 0) is 13.5 Å². The number of aryl methyl sites for hydroxylation is 2. The van der Waals surface area contributed by atoms with E-state index in [2.05, 4.69) is 10.4 Å². The van der Waals surface area contributed by atoms with Crippen molar-refractivity contribution >= 4 is 17.2 Å². The molecule has 0 aliphatic carbocycles. The molecule has 0 unspecified atom stereocenters. The monoisotopic (exact) mass is 252 g/mol. The Bertz CT molecular complexity index is 578. The van der Waals surface area contributed by atoms with Crippen LogP contribution >= 0.6 is 0 Å². The Balaban J connectivity index is 2.33. The van der Waals surface area contributed by atoms with Crippen LogP contribution in [0.5, 0.6) is 0 Å². The summed E-state index contributed by atoms with van der Waals surface area (Å²) >= 11 is 0. The van der Waals surface area contributed by atoms with Crippen LogP contribution < -0.4 is 11.1 Å². The number of aromatic nitrogens is 2. The van der Waals surface area contributed by atoms with Gasteiger partial charge in [-0.1, -0.05) is 6.92 Å². The zero-order valence-electron chi connectivity index (χ0n) is 10.2. The molecule has 2 aromatic rings. The van der Waals surface area contributed by atoms with Gasteiger partial charge in [0.1, 0.15) is 0 Å². The van der Waals surface area contributed by atoms with Gasteiger partial charge in [-0.05, 0) is 18.6 Å². The van der Waals surface area contributed by atoms with Gasteiger partial charge in [0.05, 0.1) is 11.4 Å². The third-order valence-corrected chi connectivity index (χ3v) is 2.68. The summed E-state index contributed by atoms with van der Waals surface area (Å²) in [5, 5.41) is 7.16. The molecule has 0 spiro atoms. The molecule has 0 bridgehead atoms. The zero-order valence-corrected chi connectivity index (χ0v) is 10.2. The third-order valence-electron chi connectivity index (χ3n) is 2.68. The fourth-order valence-electron chi connectivity index (χ4n) is 1.72. The van der Waals surface area contributed by atoms with Crippen LogP contribution in [0, 0.1) is 11.6 Å². The number of benzene rings is 1. The summed E-state index contributed by atoms with van der Waals surface area (Å²) in [5.74, 6) is -1.22. The van der Waals surface area contributed by atoms with Crippen molar-refractivity contribution in [3.8, 4) is 0 Å². The van der Waals surface area contributed by atoms with Gasteiger partial charge in [-0.3, -0.25) is 4.68 Å². The Morgan fingerprint density at radius 3 is 2.61 bits per heavy atom. The lowest BCUT2D eigenvalue weighted by atomic mass is 10.2. The van der Waals surface area contributed by atoms with Gasteiger partial charge < -0.3 is 11.1 Å². The van der Waals surface area contributed by atoms with Crippen molar-refractivity contribution in [2.24, 2.45) is 7.05 Å². The second-order valence-electron chi connectivity index (χ2n) is 3.94. The molecule has 18 heavy (non-hydrogen) atoms. The van der Waals surface area contributed by atoms with Gasteiger partial charge in [0.15, 0.2) is 17.5 Å². The number of rotatable bonds is 3. The third kappa shape index (κ3) is 2.13. The Hall–Kier alpha value is -2.11. The highest BCUT2D eigenvalue weighted by atomic mass is 19.2. The van der Waals surface area contributed by atoms with Crippen molar-refractivity contribution in [1.29, 1.82) is 0 Å². The van der Waals surface area contributed by atoms with Gasteiger partial charge in [0.25, 0.3) is 0 Å². The Labute approximate surface area is 103 Å². The van der Waals surface area contributed by atoms with Crippen molar-refractivity contribution in [2.75, 3.05) is 11.1 Å². The molecule has 0 aliphatic rings. The highest BCUT2D eigenvalue weighted by Crippen LogP contribution is 2.26. The lowest BCUT2D eigenvalue weighted by Gasteiger charge is -2.08. The molecule has 0 amide bonds. The van der Waals surface area contributed by atoms with Crippen molar-refractivity contribution < 1.29 is 8.78 Å². The standard InChI is InChI=1S/C12H14F2N4/c1-3-10-11(15)12(18(2)17-10)16-7-4-5-8(13)9(14)6-7/h4-6,16H,3,15H2,1-2H3. The van der Waals surface area contributed by atoms with E-state index in [9.17, 15) is 8.78 Å². The van der Waals surface area contributed by atoms with Crippen LogP contribution in [0.25, 0.3) is 0 Å². The minimum Gasteiger partial charge on any atom is -0.394 e. The van der Waals surface area contributed by atoms with Crippen LogP contribution in [0.1, 0.15) is 12.6 Å². The van der Waals surface area contributed by atoms with E-state index in [1.165, 1.54) is 6.07 Å². The van der Waals surface area contributed by atoms with Crippen molar-refractivity contribution in [3.63, 3.8) is 0 Å².